The van der Waals surface area contributed by atoms with Gasteiger partial charge >= 0.3 is 0 Å². The van der Waals surface area contributed by atoms with Crippen LogP contribution < -0.4 is 4.74 Å². The molecule has 156 valence electrons. The molecule has 0 atom stereocenters. The van der Waals surface area contributed by atoms with Gasteiger partial charge in [-0.25, -0.2) is 4.99 Å². The van der Waals surface area contributed by atoms with Gasteiger partial charge in [0.2, 0.25) is 0 Å². The number of aliphatic imine (C=N–C) groups is 1. The van der Waals surface area contributed by atoms with E-state index in [1.807, 2.05) is 85.8 Å². The van der Waals surface area contributed by atoms with E-state index >= 15 is 0 Å². The zero-order chi connectivity index (χ0) is 21.5. The van der Waals surface area contributed by atoms with E-state index in [2.05, 4.69) is 12.1 Å². The summed E-state index contributed by atoms with van der Waals surface area (Å²) in [5.41, 5.74) is 3.00. The van der Waals surface area contributed by atoms with Crippen molar-refractivity contribution in [1.82, 2.24) is 4.90 Å². The van der Waals surface area contributed by atoms with Gasteiger partial charge in [-0.3, -0.25) is 9.69 Å². The Morgan fingerprint density at radius 3 is 2.29 bits per heavy atom. The SMILES string of the molecule is CCOc1ccc(/C=C2/SC(=Nc3ccccc3)N(CCc3ccccc3)C2=O)cc1. The summed E-state index contributed by atoms with van der Waals surface area (Å²) < 4.78 is 5.51. The molecule has 0 aliphatic carbocycles. The zero-order valence-electron chi connectivity index (χ0n) is 17.4. The van der Waals surface area contributed by atoms with Gasteiger partial charge in [0.1, 0.15) is 5.75 Å². The van der Waals surface area contributed by atoms with Crippen LogP contribution in [0.25, 0.3) is 6.08 Å². The van der Waals surface area contributed by atoms with Crippen molar-refractivity contribution in [3.63, 3.8) is 0 Å². The molecule has 1 aliphatic rings. The molecule has 1 fully saturated rings. The molecule has 0 N–H and O–H groups in total. The number of benzene rings is 3. The molecule has 0 unspecified atom stereocenters. The quantitative estimate of drug-likeness (QED) is 0.438. The van der Waals surface area contributed by atoms with Crippen LogP contribution in [-0.4, -0.2) is 29.1 Å². The monoisotopic (exact) mass is 428 g/mol. The van der Waals surface area contributed by atoms with Gasteiger partial charge in [-0.1, -0.05) is 60.7 Å². The Hall–Kier alpha value is -3.31. The number of carbonyl (C=O) groups is 1. The van der Waals surface area contributed by atoms with Gasteiger partial charge in [-0.15, -0.1) is 0 Å². The lowest BCUT2D eigenvalue weighted by Crippen LogP contribution is -2.31. The molecule has 3 aromatic carbocycles. The van der Waals surface area contributed by atoms with E-state index < -0.39 is 0 Å². The molecule has 1 amide bonds. The van der Waals surface area contributed by atoms with Crippen molar-refractivity contribution >= 4 is 34.6 Å². The van der Waals surface area contributed by atoms with E-state index in [0.29, 0.717) is 23.2 Å². The number of rotatable bonds is 7. The van der Waals surface area contributed by atoms with E-state index in [9.17, 15) is 4.79 Å². The largest absolute Gasteiger partial charge is 0.494 e. The molecule has 0 aromatic heterocycles. The van der Waals surface area contributed by atoms with Crippen molar-refractivity contribution in [2.75, 3.05) is 13.2 Å². The van der Waals surface area contributed by atoms with Gasteiger partial charge in [0, 0.05) is 6.54 Å². The van der Waals surface area contributed by atoms with Crippen LogP contribution in [0.2, 0.25) is 0 Å². The predicted molar refractivity (Wildman–Crippen MR) is 129 cm³/mol. The van der Waals surface area contributed by atoms with E-state index in [4.69, 9.17) is 9.73 Å². The Bertz CT molecular complexity index is 1080. The van der Waals surface area contributed by atoms with Gasteiger partial charge in [0.05, 0.1) is 17.2 Å². The van der Waals surface area contributed by atoms with Crippen molar-refractivity contribution in [1.29, 1.82) is 0 Å². The molecule has 3 aromatic rings. The first-order valence-corrected chi connectivity index (χ1v) is 11.2. The lowest BCUT2D eigenvalue weighted by atomic mass is 10.1. The molecule has 4 rings (SSSR count). The van der Waals surface area contributed by atoms with Crippen LogP contribution in [0.4, 0.5) is 5.69 Å². The maximum atomic E-state index is 13.2. The second-order valence-electron chi connectivity index (χ2n) is 7.04. The highest BCUT2D eigenvalue weighted by Crippen LogP contribution is 2.34. The first-order valence-electron chi connectivity index (χ1n) is 10.3. The van der Waals surface area contributed by atoms with E-state index in [0.717, 1.165) is 23.4 Å². The molecule has 0 spiro atoms. The molecule has 1 heterocycles. The van der Waals surface area contributed by atoms with Gasteiger partial charge < -0.3 is 4.74 Å². The van der Waals surface area contributed by atoms with Crippen molar-refractivity contribution in [2.24, 2.45) is 4.99 Å². The number of nitrogens with zero attached hydrogens (tertiary/aromatic N) is 2. The molecular formula is C26H24N2O2S. The summed E-state index contributed by atoms with van der Waals surface area (Å²) in [6.45, 7) is 3.17. The van der Waals surface area contributed by atoms with E-state index in [1.54, 1.807) is 4.90 Å². The van der Waals surface area contributed by atoms with Crippen LogP contribution in [-0.2, 0) is 11.2 Å². The first-order chi connectivity index (χ1) is 15.2. The Kier molecular flexibility index (Phi) is 6.85. The average molecular weight is 429 g/mol. The van der Waals surface area contributed by atoms with Crippen molar-refractivity contribution < 1.29 is 9.53 Å². The maximum Gasteiger partial charge on any atom is 0.266 e. The fraction of sp³-hybridized carbons (Fsp3) is 0.154. The highest BCUT2D eigenvalue weighted by Gasteiger charge is 2.33. The van der Waals surface area contributed by atoms with Gasteiger partial charge in [-0.2, -0.15) is 0 Å². The molecule has 0 bridgehead atoms. The fourth-order valence-corrected chi connectivity index (χ4v) is 4.29. The first kappa shape index (κ1) is 20.9. The minimum atomic E-state index is -0.00973. The summed E-state index contributed by atoms with van der Waals surface area (Å²) in [5.74, 6) is 0.815. The van der Waals surface area contributed by atoms with Crippen LogP contribution in [0.5, 0.6) is 5.75 Å². The minimum absolute atomic E-state index is 0.00973. The molecule has 4 nitrogen and oxygen atoms in total. The molecule has 31 heavy (non-hydrogen) atoms. The Morgan fingerprint density at radius 2 is 1.61 bits per heavy atom. The van der Waals surface area contributed by atoms with Crippen molar-refractivity contribution in [2.45, 2.75) is 13.3 Å². The van der Waals surface area contributed by atoms with Crippen LogP contribution in [0, 0.1) is 0 Å². The van der Waals surface area contributed by atoms with Gasteiger partial charge in [-0.05, 0) is 66.6 Å². The number of hydrogen-bond donors (Lipinski definition) is 0. The normalized spacial score (nSPS) is 16.3. The Balaban J connectivity index is 1.59. The van der Waals surface area contributed by atoms with Crippen molar-refractivity contribution in [3.8, 4) is 5.75 Å². The van der Waals surface area contributed by atoms with E-state index in [1.165, 1.54) is 17.3 Å². The topological polar surface area (TPSA) is 41.9 Å². The Labute approximate surface area is 187 Å². The van der Waals surface area contributed by atoms with E-state index in [-0.39, 0.29) is 5.91 Å². The summed E-state index contributed by atoms with van der Waals surface area (Å²) in [6.07, 6.45) is 2.70. The second-order valence-corrected chi connectivity index (χ2v) is 8.04. The fourth-order valence-electron chi connectivity index (χ4n) is 3.27. The summed E-state index contributed by atoms with van der Waals surface area (Å²) in [5, 5.41) is 0.712. The third kappa shape index (κ3) is 5.44. The second kappa shape index (κ2) is 10.1. The third-order valence-electron chi connectivity index (χ3n) is 4.82. The maximum absolute atomic E-state index is 13.2. The Morgan fingerprint density at radius 1 is 0.935 bits per heavy atom. The molecule has 1 saturated heterocycles. The molecule has 0 saturated carbocycles. The van der Waals surface area contributed by atoms with Crippen LogP contribution in [0.15, 0.2) is 94.8 Å². The number of ether oxygens (including phenoxy) is 1. The molecule has 1 aliphatic heterocycles. The van der Waals surface area contributed by atoms with Crippen LogP contribution >= 0.6 is 11.8 Å². The van der Waals surface area contributed by atoms with Gasteiger partial charge in [0.25, 0.3) is 5.91 Å². The summed E-state index contributed by atoms with van der Waals surface area (Å²) in [4.78, 5) is 20.4. The average Bonchev–Trinajstić information content (AvgIpc) is 3.09. The lowest BCUT2D eigenvalue weighted by molar-refractivity contribution is -0.122. The smallest absolute Gasteiger partial charge is 0.266 e. The highest BCUT2D eigenvalue weighted by molar-refractivity contribution is 8.18. The summed E-state index contributed by atoms with van der Waals surface area (Å²) in [7, 11) is 0. The zero-order valence-corrected chi connectivity index (χ0v) is 18.2. The molecule has 5 heteroatoms. The number of amidine groups is 1. The predicted octanol–water partition coefficient (Wildman–Crippen LogP) is 5.93. The summed E-state index contributed by atoms with van der Waals surface area (Å²) in [6, 6.07) is 27.7. The van der Waals surface area contributed by atoms with Crippen molar-refractivity contribution in [3.05, 3.63) is 101 Å². The lowest BCUT2D eigenvalue weighted by Gasteiger charge is -2.15. The number of amides is 1. The third-order valence-corrected chi connectivity index (χ3v) is 5.83. The number of thioether (sulfide) groups is 1. The standard InChI is InChI=1S/C26H24N2O2S/c1-2-30-23-15-13-21(14-16-23)19-24-25(29)28(18-17-20-9-5-3-6-10-20)26(31-24)27-22-11-7-4-8-12-22/h3-16,19H,2,17-18H2,1H3/b24-19+,27-26?. The molecule has 0 radical (unpaired) electrons. The molecular weight excluding hydrogens is 404 g/mol. The number of hydrogen-bond acceptors (Lipinski definition) is 4. The van der Waals surface area contributed by atoms with Crippen LogP contribution in [0.1, 0.15) is 18.1 Å². The summed E-state index contributed by atoms with van der Waals surface area (Å²) >= 11 is 1.42. The number of carbonyl (C=O) groups excluding carboxylic acids is 1. The highest BCUT2D eigenvalue weighted by atomic mass is 32.2. The van der Waals surface area contributed by atoms with Crippen LogP contribution in [0.3, 0.4) is 0 Å². The number of para-hydroxylation sites is 1. The van der Waals surface area contributed by atoms with Gasteiger partial charge in [0.15, 0.2) is 5.17 Å². The minimum Gasteiger partial charge on any atom is -0.494 e.